The van der Waals surface area contributed by atoms with Crippen LogP contribution in [-0.2, 0) is 0 Å². The van der Waals surface area contributed by atoms with Crippen LogP contribution >= 0.6 is 0 Å². The molecular formula is C19H31N3O2. The molecule has 0 bridgehead atoms. The second kappa shape index (κ2) is 9.52. The SMILES string of the molecule is CCNC(=NCC1CCCC1O)N(C)CCOc1ccc(C)cc1. The maximum Gasteiger partial charge on any atom is 0.193 e. The minimum Gasteiger partial charge on any atom is -0.492 e. The summed E-state index contributed by atoms with van der Waals surface area (Å²) in [6.45, 7) is 7.01. The van der Waals surface area contributed by atoms with Crippen LogP contribution in [0.2, 0.25) is 0 Å². The number of benzene rings is 1. The molecule has 2 rings (SSSR count). The summed E-state index contributed by atoms with van der Waals surface area (Å²) in [6.07, 6.45) is 2.91. The highest BCUT2D eigenvalue weighted by molar-refractivity contribution is 5.79. The summed E-state index contributed by atoms with van der Waals surface area (Å²) < 4.78 is 5.79. The number of ether oxygens (including phenoxy) is 1. The minimum absolute atomic E-state index is 0.188. The largest absolute Gasteiger partial charge is 0.492 e. The quantitative estimate of drug-likeness (QED) is 0.594. The van der Waals surface area contributed by atoms with E-state index < -0.39 is 0 Å². The molecule has 1 fully saturated rings. The third-order valence-corrected chi connectivity index (χ3v) is 4.51. The summed E-state index contributed by atoms with van der Waals surface area (Å²) in [7, 11) is 2.02. The first kappa shape index (κ1) is 18.6. The molecule has 0 aromatic heterocycles. The lowest BCUT2D eigenvalue weighted by atomic mass is 10.1. The highest BCUT2D eigenvalue weighted by atomic mass is 16.5. The molecule has 2 atom stereocenters. The Balaban J connectivity index is 1.81. The van der Waals surface area contributed by atoms with Crippen LogP contribution in [0.3, 0.4) is 0 Å². The summed E-state index contributed by atoms with van der Waals surface area (Å²) in [5.74, 6) is 2.07. The predicted octanol–water partition coefficient (Wildman–Crippen LogP) is 2.43. The number of hydrogen-bond acceptors (Lipinski definition) is 3. The van der Waals surface area contributed by atoms with Gasteiger partial charge in [-0.2, -0.15) is 0 Å². The summed E-state index contributed by atoms with van der Waals surface area (Å²) >= 11 is 0. The Morgan fingerprint density at radius 3 is 2.71 bits per heavy atom. The Kier molecular flexibility index (Phi) is 7.37. The van der Waals surface area contributed by atoms with Gasteiger partial charge < -0.3 is 20.1 Å². The first-order chi connectivity index (χ1) is 11.6. The van der Waals surface area contributed by atoms with Crippen molar-refractivity contribution in [2.24, 2.45) is 10.9 Å². The van der Waals surface area contributed by atoms with Crippen LogP contribution in [0.25, 0.3) is 0 Å². The van der Waals surface area contributed by atoms with Crippen LogP contribution in [-0.4, -0.2) is 55.4 Å². The molecule has 2 N–H and O–H groups in total. The summed E-state index contributed by atoms with van der Waals surface area (Å²) in [6, 6.07) is 8.10. The Morgan fingerprint density at radius 1 is 1.33 bits per heavy atom. The number of aliphatic hydroxyl groups excluding tert-OH is 1. The van der Waals surface area contributed by atoms with Crippen LogP contribution in [0.4, 0.5) is 0 Å². The molecule has 1 aromatic carbocycles. The fourth-order valence-corrected chi connectivity index (χ4v) is 2.94. The van der Waals surface area contributed by atoms with Crippen LogP contribution < -0.4 is 10.1 Å². The monoisotopic (exact) mass is 333 g/mol. The van der Waals surface area contributed by atoms with Crippen LogP contribution in [0.15, 0.2) is 29.3 Å². The molecule has 0 radical (unpaired) electrons. The second-order valence-corrected chi connectivity index (χ2v) is 6.54. The number of aryl methyl sites for hydroxylation is 1. The van der Waals surface area contributed by atoms with Gasteiger partial charge in [0.2, 0.25) is 0 Å². The molecule has 5 nitrogen and oxygen atoms in total. The molecule has 0 aliphatic heterocycles. The molecule has 0 saturated heterocycles. The normalized spacial score (nSPS) is 20.9. The van der Waals surface area contributed by atoms with E-state index in [0.717, 1.165) is 44.1 Å². The predicted molar refractivity (Wildman–Crippen MR) is 98.6 cm³/mol. The minimum atomic E-state index is -0.188. The standard InChI is InChI=1S/C19H31N3O2/c1-4-20-19(21-14-16-6-5-7-18(16)23)22(3)12-13-24-17-10-8-15(2)9-11-17/h8-11,16,18,23H,4-7,12-14H2,1-3H3,(H,20,21). The number of likely N-dealkylation sites (N-methyl/N-ethyl adjacent to an activating group) is 1. The van der Waals surface area contributed by atoms with Gasteiger partial charge in [-0.25, -0.2) is 0 Å². The Labute approximate surface area is 145 Å². The van der Waals surface area contributed by atoms with E-state index in [4.69, 9.17) is 9.73 Å². The molecule has 1 aliphatic carbocycles. The molecule has 0 heterocycles. The van der Waals surface area contributed by atoms with E-state index in [1.807, 2.05) is 19.2 Å². The van der Waals surface area contributed by atoms with Crippen LogP contribution in [0, 0.1) is 12.8 Å². The first-order valence-electron chi connectivity index (χ1n) is 8.97. The van der Waals surface area contributed by atoms with Gasteiger partial charge in [0.05, 0.1) is 12.6 Å². The average Bonchev–Trinajstić information content (AvgIpc) is 2.98. The number of aliphatic imine (C=N–C) groups is 1. The van der Waals surface area contributed by atoms with Crippen molar-refractivity contribution in [3.8, 4) is 5.75 Å². The number of nitrogens with one attached hydrogen (secondary N) is 1. The molecular weight excluding hydrogens is 302 g/mol. The Hall–Kier alpha value is -1.75. The molecule has 134 valence electrons. The van der Waals surface area contributed by atoms with Crippen molar-refractivity contribution in [2.45, 2.75) is 39.2 Å². The maximum absolute atomic E-state index is 9.93. The molecule has 1 aliphatic rings. The van der Waals surface area contributed by atoms with Gasteiger partial charge >= 0.3 is 0 Å². The second-order valence-electron chi connectivity index (χ2n) is 6.54. The van der Waals surface area contributed by atoms with E-state index in [1.54, 1.807) is 0 Å². The average molecular weight is 333 g/mol. The van der Waals surface area contributed by atoms with Gasteiger partial charge in [0.15, 0.2) is 5.96 Å². The molecule has 1 saturated carbocycles. The lowest BCUT2D eigenvalue weighted by Gasteiger charge is -2.23. The van der Waals surface area contributed by atoms with Gasteiger partial charge in [0.1, 0.15) is 12.4 Å². The zero-order chi connectivity index (χ0) is 17.4. The lowest BCUT2D eigenvalue weighted by Crippen LogP contribution is -2.41. The summed E-state index contributed by atoms with van der Waals surface area (Å²) in [5, 5.41) is 13.3. The number of guanidine groups is 1. The van der Waals surface area contributed by atoms with Crippen molar-refractivity contribution in [3.05, 3.63) is 29.8 Å². The lowest BCUT2D eigenvalue weighted by molar-refractivity contribution is 0.136. The third kappa shape index (κ3) is 5.71. The molecule has 0 amide bonds. The van der Waals surface area contributed by atoms with Gasteiger partial charge in [-0.1, -0.05) is 24.1 Å². The van der Waals surface area contributed by atoms with Gasteiger partial charge in [0.25, 0.3) is 0 Å². The van der Waals surface area contributed by atoms with E-state index in [9.17, 15) is 5.11 Å². The zero-order valence-electron chi connectivity index (χ0n) is 15.2. The van der Waals surface area contributed by atoms with Crippen molar-refractivity contribution < 1.29 is 9.84 Å². The molecule has 0 spiro atoms. The van der Waals surface area contributed by atoms with Crippen molar-refractivity contribution in [1.82, 2.24) is 10.2 Å². The van der Waals surface area contributed by atoms with E-state index in [1.165, 1.54) is 5.56 Å². The van der Waals surface area contributed by atoms with Crippen LogP contribution in [0.5, 0.6) is 5.75 Å². The van der Waals surface area contributed by atoms with E-state index in [2.05, 4.69) is 36.2 Å². The van der Waals surface area contributed by atoms with Gasteiger partial charge in [0, 0.05) is 26.1 Å². The molecule has 2 unspecified atom stereocenters. The molecule has 1 aromatic rings. The number of nitrogens with zero attached hydrogens (tertiary/aromatic N) is 2. The zero-order valence-corrected chi connectivity index (χ0v) is 15.2. The fourth-order valence-electron chi connectivity index (χ4n) is 2.94. The first-order valence-corrected chi connectivity index (χ1v) is 8.97. The fraction of sp³-hybridized carbons (Fsp3) is 0.632. The van der Waals surface area contributed by atoms with E-state index in [0.29, 0.717) is 19.1 Å². The highest BCUT2D eigenvalue weighted by Gasteiger charge is 2.24. The van der Waals surface area contributed by atoms with E-state index >= 15 is 0 Å². The number of aliphatic hydroxyl groups is 1. The highest BCUT2D eigenvalue weighted by Crippen LogP contribution is 2.25. The number of rotatable bonds is 7. The number of hydrogen-bond donors (Lipinski definition) is 2. The summed E-state index contributed by atoms with van der Waals surface area (Å²) in [5.41, 5.74) is 1.23. The van der Waals surface area contributed by atoms with Crippen molar-refractivity contribution in [2.75, 3.05) is 33.3 Å². The third-order valence-electron chi connectivity index (χ3n) is 4.51. The van der Waals surface area contributed by atoms with Crippen molar-refractivity contribution in [3.63, 3.8) is 0 Å². The smallest absolute Gasteiger partial charge is 0.193 e. The Morgan fingerprint density at radius 2 is 2.08 bits per heavy atom. The van der Waals surface area contributed by atoms with Gasteiger partial charge in [-0.15, -0.1) is 0 Å². The van der Waals surface area contributed by atoms with Crippen molar-refractivity contribution in [1.29, 1.82) is 0 Å². The Bertz CT molecular complexity index is 516. The van der Waals surface area contributed by atoms with Gasteiger partial charge in [-0.05, 0) is 38.8 Å². The van der Waals surface area contributed by atoms with Gasteiger partial charge in [-0.3, -0.25) is 4.99 Å². The van der Waals surface area contributed by atoms with E-state index in [-0.39, 0.29) is 6.10 Å². The summed E-state index contributed by atoms with van der Waals surface area (Å²) in [4.78, 5) is 6.78. The van der Waals surface area contributed by atoms with Crippen LogP contribution in [0.1, 0.15) is 31.7 Å². The van der Waals surface area contributed by atoms with Crippen molar-refractivity contribution >= 4 is 5.96 Å². The molecule has 24 heavy (non-hydrogen) atoms. The molecule has 5 heteroatoms. The topological polar surface area (TPSA) is 57.1 Å². The maximum atomic E-state index is 9.93.